The summed E-state index contributed by atoms with van der Waals surface area (Å²) in [6.07, 6.45) is -0.671. The van der Waals surface area contributed by atoms with Crippen molar-refractivity contribution in [1.82, 2.24) is 10.6 Å². The number of halogens is 2. The molecule has 19 nitrogen and oxygen atoms in total. The first-order chi connectivity index (χ1) is 26.3. The van der Waals surface area contributed by atoms with E-state index >= 15 is 0 Å². The predicted octanol–water partition coefficient (Wildman–Crippen LogP) is -5.52. The number of carbonyl (C=O) groups excluding carboxylic acids is 4. The monoisotopic (exact) mass is 1070 g/mol. The van der Waals surface area contributed by atoms with Gasteiger partial charge in [0.05, 0.1) is 21.3 Å². The summed E-state index contributed by atoms with van der Waals surface area (Å²) in [6.45, 7) is 17.5. The van der Waals surface area contributed by atoms with Gasteiger partial charge >= 0.3 is 178 Å². The van der Waals surface area contributed by atoms with Crippen LogP contribution in [0.4, 0.5) is 21.0 Å². The van der Waals surface area contributed by atoms with E-state index in [4.69, 9.17) is 41.0 Å². The molecular weight excluding hydrogens is 1020 g/mol. The number of carbonyl (C=O) groups is 5. The number of nitrogens with one attached hydrogen (secondary N) is 2. The van der Waals surface area contributed by atoms with Gasteiger partial charge in [-0.05, 0) is 72.3 Å². The average molecular weight is 1080 g/mol. The van der Waals surface area contributed by atoms with Crippen LogP contribution in [0.15, 0.2) is 48.5 Å². The number of amides is 2. The molecule has 0 aliphatic carbocycles. The first kappa shape index (κ1) is 72.7. The Morgan fingerprint density at radius 3 is 1.41 bits per heavy atom. The van der Waals surface area contributed by atoms with Crippen LogP contribution in [0, 0.1) is 32.1 Å². The Hall–Kier alpha value is 0.0791. The molecular formula is C37H55ClIK3N4O15. The van der Waals surface area contributed by atoms with Gasteiger partial charge in [0.1, 0.15) is 29.9 Å². The van der Waals surface area contributed by atoms with E-state index in [0.717, 1.165) is 0 Å². The molecule has 24 heteroatoms. The van der Waals surface area contributed by atoms with E-state index in [-0.39, 0.29) is 227 Å². The predicted molar refractivity (Wildman–Crippen MR) is 207 cm³/mol. The molecule has 0 aliphatic rings. The van der Waals surface area contributed by atoms with Crippen LogP contribution >= 0.6 is 11.6 Å². The number of para-hydroxylation sites is 2. The number of nitro benzene ring substituents is 2. The van der Waals surface area contributed by atoms with E-state index in [9.17, 15) is 39.4 Å². The van der Waals surface area contributed by atoms with Gasteiger partial charge in [0.2, 0.25) is 0 Å². The summed E-state index contributed by atoms with van der Waals surface area (Å²) in [5.41, 5.74) is -0.514. The van der Waals surface area contributed by atoms with Crippen LogP contribution < -0.4 is 194 Å². The molecule has 3 N–H and O–H groups in total. The summed E-state index contributed by atoms with van der Waals surface area (Å²) in [5, 5.41) is 43.5. The van der Waals surface area contributed by atoms with E-state index in [0.29, 0.717) is 18.4 Å². The molecule has 0 spiro atoms. The Morgan fingerprint density at radius 2 is 1.10 bits per heavy atom. The fraction of sp³-hybridized carbons (Fsp3) is 0.541. The second-order valence-corrected chi connectivity index (χ2v) is 15.0. The van der Waals surface area contributed by atoms with E-state index in [1.165, 1.54) is 24.3 Å². The molecule has 0 heterocycles. The quantitative estimate of drug-likeness (QED) is 0.0183. The third kappa shape index (κ3) is 39.0. The SMILES string of the molecule is CC(C)CC(NC(=O)OC(C)(C)C)C(=O)O.CC(C)CC(NC(=O)OC(C)(C)C)C(=O)OCc1ccccc1[N+](=O)[O-].O=CO[O-].O=[N+]([O-])c1ccccc1CCl.[H-].[I-].[K+].[K+].[K+]. The fourth-order valence-electron chi connectivity index (χ4n) is 4.14. The largest absolute Gasteiger partial charge is 1.00 e. The van der Waals surface area contributed by atoms with Crippen molar-refractivity contribution in [2.45, 2.75) is 118 Å². The summed E-state index contributed by atoms with van der Waals surface area (Å²) in [7, 11) is 0. The van der Waals surface area contributed by atoms with Gasteiger partial charge in [-0.25, -0.2) is 19.2 Å². The molecule has 2 unspecified atom stereocenters. The number of ether oxygens (including phenoxy) is 3. The Balaban J connectivity index is -0.000000145. The molecule has 61 heavy (non-hydrogen) atoms. The third-order valence-corrected chi connectivity index (χ3v) is 6.60. The van der Waals surface area contributed by atoms with Crippen molar-refractivity contribution in [2.24, 2.45) is 11.8 Å². The second-order valence-electron chi connectivity index (χ2n) is 14.7. The summed E-state index contributed by atoms with van der Waals surface area (Å²) < 4.78 is 15.4. The van der Waals surface area contributed by atoms with Gasteiger partial charge in [0.15, 0.2) is 0 Å². The van der Waals surface area contributed by atoms with Gasteiger partial charge in [0, 0.05) is 17.7 Å². The van der Waals surface area contributed by atoms with Crippen molar-refractivity contribution in [3.05, 3.63) is 79.9 Å². The maximum Gasteiger partial charge on any atom is 1.00 e. The average Bonchev–Trinajstić information content (AvgIpc) is 3.08. The number of alkyl halides is 1. The van der Waals surface area contributed by atoms with Gasteiger partial charge in [-0.1, -0.05) is 58.0 Å². The Morgan fingerprint density at radius 1 is 0.754 bits per heavy atom. The fourth-order valence-corrected chi connectivity index (χ4v) is 4.37. The van der Waals surface area contributed by atoms with E-state index in [1.54, 1.807) is 65.8 Å². The van der Waals surface area contributed by atoms with Crippen molar-refractivity contribution in [2.75, 3.05) is 0 Å². The molecule has 330 valence electrons. The summed E-state index contributed by atoms with van der Waals surface area (Å²) >= 11 is 5.47. The maximum absolute atomic E-state index is 12.4. The molecule has 2 aromatic rings. The minimum absolute atomic E-state index is 0. The van der Waals surface area contributed by atoms with Crippen molar-refractivity contribution in [3.63, 3.8) is 0 Å². The number of benzene rings is 2. The number of nitrogens with zero attached hydrogens (tertiary/aromatic N) is 2. The first-order valence-corrected chi connectivity index (χ1v) is 17.9. The number of carboxylic acid groups (broad SMARTS) is 1. The van der Waals surface area contributed by atoms with Gasteiger partial charge in [-0.15, -0.1) is 11.6 Å². The van der Waals surface area contributed by atoms with Crippen LogP contribution in [0.25, 0.3) is 0 Å². The number of carboxylic acids is 1. The number of rotatable bonds is 14. The van der Waals surface area contributed by atoms with Crippen LogP contribution in [-0.4, -0.2) is 68.8 Å². The van der Waals surface area contributed by atoms with Crippen LogP contribution in [0.5, 0.6) is 0 Å². The van der Waals surface area contributed by atoms with Gasteiger partial charge in [-0.2, -0.15) is 0 Å². The van der Waals surface area contributed by atoms with Crippen molar-refractivity contribution < 1.29 is 243 Å². The molecule has 2 amide bonds. The maximum atomic E-state index is 12.4. The smallest absolute Gasteiger partial charge is 1.00 e. The van der Waals surface area contributed by atoms with Crippen LogP contribution in [0.3, 0.4) is 0 Å². The zero-order valence-electron chi connectivity index (χ0n) is 38.1. The second kappa shape index (κ2) is 39.3. The van der Waals surface area contributed by atoms with Crippen molar-refractivity contribution >= 4 is 53.6 Å². The standard InChI is InChI=1S/C18H26N2O6.C11H21NO4.C7H6ClNO2.CH2O3.HI.3K.H/c1-12(2)10-14(19-17(22)26-18(3,4)5)16(21)25-11-13-8-6-7-9-15(13)20(23)24;1-7(2)6-8(9(13)14)12-10(15)16-11(3,4)5;8-5-6-3-1-2-4-7(6)9(10)11;2-1-4-3;;;;;/h6-9,12,14H,10-11H2,1-5H3,(H,19,22);7-8H,6H2,1-5H3,(H,12,15)(H,13,14);1-4H,5H2;1,3H;1H;;;;/q;;;;;3*+1;-1/p-2. The molecule has 0 aliphatic heterocycles. The molecule has 0 saturated heterocycles. The Kier molecular flexibility index (Phi) is 46.8. The van der Waals surface area contributed by atoms with E-state index in [2.05, 4.69) is 15.5 Å². The minimum atomic E-state index is -1.04. The van der Waals surface area contributed by atoms with Crippen LogP contribution in [0.1, 0.15) is 94.6 Å². The molecule has 0 saturated carbocycles. The van der Waals surface area contributed by atoms with Crippen LogP contribution in [0.2, 0.25) is 0 Å². The molecule has 2 rings (SSSR count). The zero-order valence-corrected chi connectivity index (χ0v) is 49.4. The van der Waals surface area contributed by atoms with Crippen molar-refractivity contribution in [3.8, 4) is 0 Å². The molecule has 0 radical (unpaired) electrons. The molecule has 0 aromatic heterocycles. The summed E-state index contributed by atoms with van der Waals surface area (Å²) in [4.78, 5) is 78.2. The van der Waals surface area contributed by atoms with Crippen molar-refractivity contribution in [1.29, 1.82) is 0 Å². The zero-order chi connectivity index (χ0) is 44.5. The van der Waals surface area contributed by atoms with E-state index in [1.807, 2.05) is 27.7 Å². The van der Waals surface area contributed by atoms with Gasteiger partial charge in [0.25, 0.3) is 17.8 Å². The Bertz CT molecular complexity index is 1620. The minimum Gasteiger partial charge on any atom is -1.00 e. The third-order valence-electron chi connectivity index (χ3n) is 6.31. The number of alkyl carbamates (subject to hydrolysis) is 2. The number of aliphatic carboxylic acids is 1. The molecule has 0 bridgehead atoms. The van der Waals surface area contributed by atoms with Gasteiger partial charge in [-0.3, -0.25) is 25.0 Å². The van der Waals surface area contributed by atoms with E-state index < -0.39 is 57.3 Å². The summed E-state index contributed by atoms with van der Waals surface area (Å²) in [6, 6.07) is 10.7. The first-order valence-electron chi connectivity index (χ1n) is 17.4. The van der Waals surface area contributed by atoms with Gasteiger partial charge < -0.3 is 65.5 Å². The molecule has 0 fully saturated rings. The number of nitro groups is 2. The molecule has 2 aromatic carbocycles. The topological polar surface area (TPSA) is 276 Å². The number of hydrogen-bond donors (Lipinski definition) is 3. The summed E-state index contributed by atoms with van der Waals surface area (Å²) in [5.74, 6) is -1.22. The Labute approximate surface area is 508 Å². The normalized spacial score (nSPS) is 10.9. The number of esters is 1. The molecule has 2 atom stereocenters. The number of hydrogen-bond acceptors (Lipinski definition) is 14. The van der Waals surface area contributed by atoms with Crippen LogP contribution in [-0.2, 0) is 46.0 Å².